The van der Waals surface area contributed by atoms with E-state index in [1.54, 1.807) is 6.92 Å². The van der Waals surface area contributed by atoms with Gasteiger partial charge >= 0.3 is 0 Å². The fourth-order valence-corrected chi connectivity index (χ4v) is 0.893. The Morgan fingerprint density at radius 3 is 2.36 bits per heavy atom. The van der Waals surface area contributed by atoms with E-state index in [1.165, 1.54) is 0 Å². The average Bonchev–Trinajstić information content (AvgIpc) is 2.05. The van der Waals surface area contributed by atoms with E-state index in [0.29, 0.717) is 0 Å². The molecule has 0 saturated carbocycles. The lowest BCUT2D eigenvalue weighted by Gasteiger charge is -2.07. The van der Waals surface area contributed by atoms with Crippen molar-refractivity contribution >= 4 is 5.57 Å². The summed E-state index contributed by atoms with van der Waals surface area (Å²) in [6.45, 7) is 5.49. The minimum Gasteiger partial charge on any atom is -0.389 e. The minimum absolute atomic E-state index is 0.461. The Balaban J connectivity index is 2.86. The fourth-order valence-electron chi connectivity index (χ4n) is 0.893. The largest absolute Gasteiger partial charge is 0.389 e. The zero-order chi connectivity index (χ0) is 8.27. The third kappa shape index (κ3) is 1.92. The van der Waals surface area contributed by atoms with E-state index in [4.69, 9.17) is 0 Å². The maximum Gasteiger partial charge on any atom is 0.0762 e. The van der Waals surface area contributed by atoms with Gasteiger partial charge in [-0.05, 0) is 18.1 Å². The highest BCUT2D eigenvalue weighted by Gasteiger charge is 2.02. The van der Waals surface area contributed by atoms with E-state index in [-0.39, 0.29) is 0 Å². The summed E-state index contributed by atoms with van der Waals surface area (Å²) < 4.78 is 0. The second-order valence-corrected chi connectivity index (χ2v) is 2.57. The van der Waals surface area contributed by atoms with Gasteiger partial charge in [0.25, 0.3) is 0 Å². The molecule has 0 aliphatic carbocycles. The van der Waals surface area contributed by atoms with E-state index >= 15 is 0 Å². The Hall–Kier alpha value is -1.08. The van der Waals surface area contributed by atoms with Crippen molar-refractivity contribution < 1.29 is 5.11 Å². The second kappa shape index (κ2) is 3.35. The number of hydrogen-bond donors (Lipinski definition) is 1. The molecule has 1 nitrogen and oxygen atoms in total. The fraction of sp³-hybridized carbons (Fsp3) is 0.200. The van der Waals surface area contributed by atoms with Crippen molar-refractivity contribution in [2.24, 2.45) is 0 Å². The zero-order valence-electron chi connectivity index (χ0n) is 6.62. The number of aliphatic hydroxyl groups excluding tert-OH is 1. The van der Waals surface area contributed by atoms with Crippen LogP contribution in [-0.2, 0) is 0 Å². The maximum absolute atomic E-state index is 9.17. The van der Waals surface area contributed by atoms with Crippen LogP contribution in [0.1, 0.15) is 12.5 Å². The van der Waals surface area contributed by atoms with Gasteiger partial charge in [0.05, 0.1) is 6.10 Å². The molecule has 0 fully saturated rings. The molecule has 0 bridgehead atoms. The highest BCUT2D eigenvalue weighted by molar-refractivity contribution is 5.65. The van der Waals surface area contributed by atoms with Crippen LogP contribution in [0.15, 0.2) is 36.9 Å². The second-order valence-electron chi connectivity index (χ2n) is 2.57. The molecule has 11 heavy (non-hydrogen) atoms. The third-order valence-electron chi connectivity index (χ3n) is 1.65. The molecule has 0 aliphatic heterocycles. The van der Waals surface area contributed by atoms with E-state index in [9.17, 15) is 5.11 Å². The van der Waals surface area contributed by atoms with Crippen molar-refractivity contribution in [1.82, 2.24) is 0 Å². The standard InChI is InChI=1S/C10H12O/c1-8(9(2)11)10-6-4-3-5-7-10/h3-7,9,11H,1H2,2H3. The Kier molecular flexibility index (Phi) is 2.44. The molecule has 58 valence electrons. The Morgan fingerprint density at radius 2 is 1.91 bits per heavy atom. The number of aliphatic hydroxyl groups is 1. The van der Waals surface area contributed by atoms with Gasteiger partial charge in [0.15, 0.2) is 0 Å². The van der Waals surface area contributed by atoms with Crippen molar-refractivity contribution in [3.63, 3.8) is 0 Å². The van der Waals surface area contributed by atoms with Crippen molar-refractivity contribution in [1.29, 1.82) is 0 Å². The third-order valence-corrected chi connectivity index (χ3v) is 1.65. The SMILES string of the molecule is C=C(c1ccccc1)C(C)O. The van der Waals surface area contributed by atoms with Crippen LogP contribution in [0.4, 0.5) is 0 Å². The van der Waals surface area contributed by atoms with Crippen LogP contribution >= 0.6 is 0 Å². The monoisotopic (exact) mass is 148 g/mol. The molecular weight excluding hydrogens is 136 g/mol. The summed E-state index contributed by atoms with van der Waals surface area (Å²) in [5.74, 6) is 0. The number of hydrogen-bond acceptors (Lipinski definition) is 1. The van der Waals surface area contributed by atoms with Gasteiger partial charge in [-0.25, -0.2) is 0 Å². The van der Waals surface area contributed by atoms with Gasteiger partial charge in [-0.3, -0.25) is 0 Å². The quantitative estimate of drug-likeness (QED) is 0.680. The molecular formula is C10H12O. The normalized spacial score (nSPS) is 12.5. The lowest BCUT2D eigenvalue weighted by Crippen LogP contribution is -2.01. The molecule has 1 N–H and O–H groups in total. The smallest absolute Gasteiger partial charge is 0.0762 e. The van der Waals surface area contributed by atoms with Gasteiger partial charge in [-0.1, -0.05) is 36.9 Å². The van der Waals surface area contributed by atoms with E-state index in [1.807, 2.05) is 30.3 Å². The van der Waals surface area contributed by atoms with Gasteiger partial charge in [0, 0.05) is 0 Å². The molecule has 1 rings (SSSR count). The molecule has 0 saturated heterocycles. The summed E-state index contributed by atoms with van der Waals surface area (Å²) in [6.07, 6.45) is -0.461. The molecule has 1 aromatic carbocycles. The first kappa shape index (κ1) is 8.02. The van der Waals surface area contributed by atoms with Gasteiger partial charge in [-0.2, -0.15) is 0 Å². The van der Waals surface area contributed by atoms with Gasteiger partial charge in [-0.15, -0.1) is 0 Å². The van der Waals surface area contributed by atoms with Crippen LogP contribution in [-0.4, -0.2) is 11.2 Å². The van der Waals surface area contributed by atoms with E-state index in [0.717, 1.165) is 11.1 Å². The van der Waals surface area contributed by atoms with Crippen LogP contribution in [0.5, 0.6) is 0 Å². The number of rotatable bonds is 2. The van der Waals surface area contributed by atoms with Crippen LogP contribution in [0.3, 0.4) is 0 Å². The van der Waals surface area contributed by atoms with Crippen LogP contribution < -0.4 is 0 Å². The molecule has 0 radical (unpaired) electrons. The topological polar surface area (TPSA) is 20.2 Å². The lowest BCUT2D eigenvalue weighted by molar-refractivity contribution is 0.253. The summed E-state index contributed by atoms with van der Waals surface area (Å²) in [4.78, 5) is 0. The highest BCUT2D eigenvalue weighted by Crippen LogP contribution is 2.14. The molecule has 0 spiro atoms. The minimum atomic E-state index is -0.461. The zero-order valence-corrected chi connectivity index (χ0v) is 6.62. The Bertz CT molecular complexity index is 236. The van der Waals surface area contributed by atoms with E-state index in [2.05, 4.69) is 6.58 Å². The Labute approximate surface area is 67.0 Å². The number of benzene rings is 1. The predicted molar refractivity (Wildman–Crippen MR) is 47.2 cm³/mol. The van der Waals surface area contributed by atoms with E-state index < -0.39 is 6.10 Å². The van der Waals surface area contributed by atoms with Crippen LogP contribution in [0.2, 0.25) is 0 Å². The van der Waals surface area contributed by atoms with Crippen molar-refractivity contribution in [2.45, 2.75) is 13.0 Å². The molecule has 1 aromatic rings. The average molecular weight is 148 g/mol. The van der Waals surface area contributed by atoms with Crippen molar-refractivity contribution in [3.05, 3.63) is 42.5 Å². The first-order chi connectivity index (χ1) is 5.22. The van der Waals surface area contributed by atoms with Crippen LogP contribution in [0, 0.1) is 0 Å². The molecule has 0 amide bonds. The van der Waals surface area contributed by atoms with Crippen molar-refractivity contribution in [2.75, 3.05) is 0 Å². The predicted octanol–water partition coefficient (Wildman–Crippen LogP) is 2.08. The first-order valence-electron chi connectivity index (χ1n) is 3.64. The summed E-state index contributed by atoms with van der Waals surface area (Å²) in [5, 5.41) is 9.17. The molecule has 0 aromatic heterocycles. The molecule has 0 aliphatic rings. The summed E-state index contributed by atoms with van der Waals surface area (Å²) in [6, 6.07) is 9.69. The molecule has 1 unspecified atom stereocenters. The first-order valence-corrected chi connectivity index (χ1v) is 3.64. The van der Waals surface area contributed by atoms with Gasteiger partial charge < -0.3 is 5.11 Å². The Morgan fingerprint density at radius 1 is 1.36 bits per heavy atom. The highest BCUT2D eigenvalue weighted by atomic mass is 16.3. The molecule has 0 heterocycles. The van der Waals surface area contributed by atoms with Gasteiger partial charge in [0.1, 0.15) is 0 Å². The summed E-state index contributed by atoms with van der Waals surface area (Å²) >= 11 is 0. The van der Waals surface area contributed by atoms with Crippen molar-refractivity contribution in [3.8, 4) is 0 Å². The molecule has 1 atom stereocenters. The van der Waals surface area contributed by atoms with Gasteiger partial charge in [0.2, 0.25) is 0 Å². The summed E-state index contributed by atoms with van der Waals surface area (Å²) in [5.41, 5.74) is 1.77. The van der Waals surface area contributed by atoms with Crippen LogP contribution in [0.25, 0.3) is 5.57 Å². The molecule has 1 heteroatoms. The lowest BCUT2D eigenvalue weighted by atomic mass is 10.0. The summed E-state index contributed by atoms with van der Waals surface area (Å²) in [7, 11) is 0. The maximum atomic E-state index is 9.17.